The number of carboxylic acids is 1. The van der Waals surface area contributed by atoms with Crippen molar-refractivity contribution in [2.45, 2.75) is 19.3 Å². The molecule has 4 aromatic rings. The summed E-state index contributed by atoms with van der Waals surface area (Å²) in [6.45, 7) is 0. The Labute approximate surface area is 189 Å². The topological polar surface area (TPSA) is 92.4 Å². The fourth-order valence-electron chi connectivity index (χ4n) is 4.43. The molecule has 0 spiro atoms. The molecule has 5 rings (SSSR count). The lowest BCUT2D eigenvalue weighted by Crippen LogP contribution is -2.25. The predicted octanol–water partition coefficient (Wildman–Crippen LogP) is 6.06. The van der Waals surface area contributed by atoms with Crippen LogP contribution in [-0.4, -0.2) is 21.8 Å². The van der Waals surface area contributed by atoms with Crippen LogP contribution in [0.25, 0.3) is 22.2 Å². The predicted molar refractivity (Wildman–Crippen MR) is 122 cm³/mol. The Morgan fingerprint density at radius 1 is 0.939 bits per heavy atom. The quantitative estimate of drug-likeness (QED) is 0.351. The molecule has 1 aliphatic carbocycles. The summed E-state index contributed by atoms with van der Waals surface area (Å²) in [6.07, 6.45) is 1.96. The van der Waals surface area contributed by atoms with Crippen LogP contribution in [0.5, 0.6) is 0 Å². The number of ketones is 1. The van der Waals surface area contributed by atoms with E-state index in [0.717, 1.165) is 23.2 Å². The summed E-state index contributed by atoms with van der Waals surface area (Å²) in [6, 6.07) is 19.3. The molecule has 1 aliphatic rings. The minimum Gasteiger partial charge on any atom is -0.481 e. The fraction of sp³-hybridized carbons (Fsp3) is 0.192. The van der Waals surface area contributed by atoms with Crippen LogP contribution >= 0.6 is 0 Å². The molecule has 6 nitrogen and oxygen atoms in total. The number of nitrogens with one attached hydrogen (secondary N) is 1. The zero-order valence-corrected chi connectivity index (χ0v) is 17.6. The van der Waals surface area contributed by atoms with Gasteiger partial charge in [0.25, 0.3) is 6.01 Å². The van der Waals surface area contributed by atoms with Gasteiger partial charge in [-0.1, -0.05) is 42.8 Å². The van der Waals surface area contributed by atoms with E-state index in [1.807, 2.05) is 36.4 Å². The number of halogens is 1. The zero-order valence-electron chi connectivity index (χ0n) is 17.6. The van der Waals surface area contributed by atoms with E-state index in [2.05, 4.69) is 10.3 Å². The third-order valence-corrected chi connectivity index (χ3v) is 6.16. The van der Waals surface area contributed by atoms with Crippen LogP contribution in [0, 0.1) is 17.7 Å². The van der Waals surface area contributed by atoms with Gasteiger partial charge in [0, 0.05) is 23.2 Å². The second kappa shape index (κ2) is 8.50. The van der Waals surface area contributed by atoms with Gasteiger partial charge in [-0.3, -0.25) is 9.59 Å². The standard InChI is InChI=1S/C26H21FN2O4/c27-18-10-13-22-23(14-18)33-26(29-22)28-19-11-8-16(9-12-19)15-4-6-17(7-5-15)24(30)20-2-1-3-21(20)25(31)32/h4-14,20-21H,1-3H2,(H,28,29)(H,31,32)/t20-,21?/m0/s1. The van der Waals surface area contributed by atoms with Crippen LogP contribution in [0.2, 0.25) is 0 Å². The summed E-state index contributed by atoms with van der Waals surface area (Å²) in [5.74, 6) is -2.39. The molecule has 7 heteroatoms. The van der Waals surface area contributed by atoms with Crippen molar-refractivity contribution in [2.24, 2.45) is 11.8 Å². The van der Waals surface area contributed by atoms with E-state index in [1.54, 1.807) is 18.2 Å². The largest absolute Gasteiger partial charge is 0.481 e. The lowest BCUT2D eigenvalue weighted by Gasteiger charge is -2.14. The number of hydrogen-bond donors (Lipinski definition) is 2. The molecule has 1 saturated carbocycles. The Bertz CT molecular complexity index is 1330. The minimum atomic E-state index is -0.888. The van der Waals surface area contributed by atoms with Crippen LogP contribution in [0.4, 0.5) is 16.1 Å². The summed E-state index contributed by atoms with van der Waals surface area (Å²) in [7, 11) is 0. The summed E-state index contributed by atoms with van der Waals surface area (Å²) >= 11 is 0. The molecule has 0 amide bonds. The molecule has 0 saturated heterocycles. The van der Waals surface area contributed by atoms with E-state index in [9.17, 15) is 19.1 Å². The van der Waals surface area contributed by atoms with Gasteiger partial charge in [0.2, 0.25) is 0 Å². The SMILES string of the molecule is O=C(O)C1CCC[C@@H]1C(=O)c1ccc(-c2ccc(Nc3nc4ccc(F)cc4o3)cc2)cc1. The molecule has 3 aromatic carbocycles. The van der Waals surface area contributed by atoms with E-state index >= 15 is 0 Å². The second-order valence-electron chi connectivity index (χ2n) is 8.26. The Morgan fingerprint density at radius 3 is 2.30 bits per heavy atom. The number of carboxylic acid groups (broad SMARTS) is 1. The molecule has 0 aliphatic heterocycles. The van der Waals surface area contributed by atoms with Gasteiger partial charge < -0.3 is 14.8 Å². The Hall–Kier alpha value is -4.00. The van der Waals surface area contributed by atoms with E-state index in [1.165, 1.54) is 12.1 Å². The summed E-state index contributed by atoms with van der Waals surface area (Å²) in [5, 5.41) is 12.4. The highest BCUT2D eigenvalue weighted by Gasteiger charge is 2.37. The third kappa shape index (κ3) is 4.22. The second-order valence-corrected chi connectivity index (χ2v) is 8.26. The van der Waals surface area contributed by atoms with E-state index in [-0.39, 0.29) is 17.6 Å². The first-order chi connectivity index (χ1) is 16.0. The number of carbonyl (C=O) groups excluding carboxylic acids is 1. The first kappa shape index (κ1) is 20.9. The van der Waals surface area contributed by atoms with Crippen molar-refractivity contribution >= 4 is 34.6 Å². The number of nitrogens with zero attached hydrogens (tertiary/aromatic N) is 1. The van der Waals surface area contributed by atoms with Crippen molar-refractivity contribution in [2.75, 3.05) is 5.32 Å². The zero-order chi connectivity index (χ0) is 22.9. The first-order valence-corrected chi connectivity index (χ1v) is 10.8. The Kier molecular flexibility index (Phi) is 5.38. The first-order valence-electron chi connectivity index (χ1n) is 10.8. The fourth-order valence-corrected chi connectivity index (χ4v) is 4.43. The maximum Gasteiger partial charge on any atom is 0.307 e. The molecule has 1 heterocycles. The maximum atomic E-state index is 13.3. The molecule has 2 atom stereocenters. The number of carbonyl (C=O) groups is 2. The van der Waals surface area contributed by atoms with Crippen molar-refractivity contribution < 1.29 is 23.5 Å². The Balaban J connectivity index is 1.29. The number of aromatic nitrogens is 1. The lowest BCUT2D eigenvalue weighted by molar-refractivity contribution is -0.142. The van der Waals surface area contributed by atoms with Crippen molar-refractivity contribution in [3.63, 3.8) is 0 Å². The van der Waals surface area contributed by atoms with Crippen LogP contribution in [-0.2, 0) is 4.79 Å². The minimum absolute atomic E-state index is 0.0933. The number of rotatable bonds is 6. The van der Waals surface area contributed by atoms with Crippen LogP contribution in [0.3, 0.4) is 0 Å². The van der Waals surface area contributed by atoms with Gasteiger partial charge in [-0.25, -0.2) is 4.39 Å². The molecule has 2 N–H and O–H groups in total. The molecule has 0 bridgehead atoms. The average molecular weight is 444 g/mol. The van der Waals surface area contributed by atoms with Gasteiger partial charge in [0.05, 0.1) is 5.92 Å². The van der Waals surface area contributed by atoms with Gasteiger partial charge in [-0.2, -0.15) is 4.98 Å². The molecule has 1 aromatic heterocycles. The molecular weight excluding hydrogens is 423 g/mol. The number of fused-ring (bicyclic) bond motifs is 1. The lowest BCUT2D eigenvalue weighted by atomic mass is 9.88. The molecular formula is C26H21FN2O4. The van der Waals surface area contributed by atoms with Crippen molar-refractivity contribution in [1.29, 1.82) is 0 Å². The average Bonchev–Trinajstić information content (AvgIpc) is 3.46. The van der Waals surface area contributed by atoms with E-state index in [4.69, 9.17) is 4.42 Å². The molecule has 0 radical (unpaired) electrons. The van der Waals surface area contributed by atoms with Crippen LogP contribution < -0.4 is 5.32 Å². The third-order valence-electron chi connectivity index (χ3n) is 6.16. The monoisotopic (exact) mass is 444 g/mol. The smallest absolute Gasteiger partial charge is 0.307 e. The Morgan fingerprint density at radius 2 is 1.61 bits per heavy atom. The van der Waals surface area contributed by atoms with Crippen LogP contribution in [0.15, 0.2) is 71.1 Å². The molecule has 166 valence electrons. The van der Waals surface area contributed by atoms with Gasteiger partial charge in [-0.05, 0) is 48.2 Å². The highest BCUT2D eigenvalue weighted by molar-refractivity contribution is 6.00. The van der Waals surface area contributed by atoms with E-state index in [0.29, 0.717) is 29.5 Å². The summed E-state index contributed by atoms with van der Waals surface area (Å²) in [4.78, 5) is 28.5. The number of Topliss-reactive ketones (excluding diaryl/α,β-unsaturated/α-hetero) is 1. The van der Waals surface area contributed by atoms with Crippen molar-refractivity contribution in [1.82, 2.24) is 4.98 Å². The van der Waals surface area contributed by atoms with Gasteiger partial charge in [0.1, 0.15) is 11.3 Å². The van der Waals surface area contributed by atoms with Gasteiger partial charge in [-0.15, -0.1) is 0 Å². The molecule has 33 heavy (non-hydrogen) atoms. The van der Waals surface area contributed by atoms with Gasteiger partial charge in [0.15, 0.2) is 11.4 Å². The van der Waals surface area contributed by atoms with Crippen molar-refractivity contribution in [3.05, 3.63) is 78.1 Å². The summed E-state index contributed by atoms with van der Waals surface area (Å²) in [5.41, 5.74) is 4.15. The normalized spacial score (nSPS) is 17.8. The molecule has 1 unspecified atom stereocenters. The van der Waals surface area contributed by atoms with Gasteiger partial charge >= 0.3 is 5.97 Å². The number of benzene rings is 3. The number of oxazole rings is 1. The van der Waals surface area contributed by atoms with E-state index < -0.39 is 17.8 Å². The number of hydrogen-bond acceptors (Lipinski definition) is 5. The van der Waals surface area contributed by atoms with Crippen LogP contribution in [0.1, 0.15) is 29.6 Å². The van der Waals surface area contributed by atoms with Crippen molar-refractivity contribution in [3.8, 4) is 11.1 Å². The number of aliphatic carboxylic acids is 1. The molecule has 1 fully saturated rings. The maximum absolute atomic E-state index is 13.3. The summed E-state index contributed by atoms with van der Waals surface area (Å²) < 4.78 is 18.9. The highest BCUT2D eigenvalue weighted by Crippen LogP contribution is 2.35. The number of anilines is 2. The highest BCUT2D eigenvalue weighted by atomic mass is 19.1.